The van der Waals surface area contributed by atoms with Gasteiger partial charge in [-0.25, -0.2) is 0 Å². The van der Waals surface area contributed by atoms with Crippen LogP contribution in [-0.2, 0) is 5.75 Å². The molecule has 3 aromatic rings. The predicted molar refractivity (Wildman–Crippen MR) is 127 cm³/mol. The maximum absolute atomic E-state index is 11.0. The zero-order valence-electron chi connectivity index (χ0n) is 17.3. The molecule has 0 bridgehead atoms. The van der Waals surface area contributed by atoms with Gasteiger partial charge in [0.25, 0.3) is 5.69 Å². The van der Waals surface area contributed by atoms with Gasteiger partial charge in [0.1, 0.15) is 0 Å². The Morgan fingerprint density at radius 3 is 2.61 bits per heavy atom. The standard InChI is InChI=1S/C26H24N2O2S/c1-17-14-18(16-31-21-6-3-2-4-7-21)15-24-22-8-5-9-23(22)26(27-25(17)24)19-10-12-20(13-11-19)28(29)30/h2-8,10-15,22-23,26-27H,9,16H2,1H3/t22-,23-,26+/m0/s1. The molecule has 0 saturated carbocycles. The summed E-state index contributed by atoms with van der Waals surface area (Å²) in [5.74, 6) is 1.74. The van der Waals surface area contributed by atoms with Gasteiger partial charge >= 0.3 is 0 Å². The van der Waals surface area contributed by atoms with Crippen LogP contribution in [0.15, 0.2) is 83.8 Å². The Balaban J connectivity index is 1.44. The van der Waals surface area contributed by atoms with Crippen LogP contribution in [0.1, 0.15) is 40.6 Å². The van der Waals surface area contributed by atoms with Crippen molar-refractivity contribution in [2.45, 2.75) is 36.0 Å². The molecule has 5 rings (SSSR count). The lowest BCUT2D eigenvalue weighted by Gasteiger charge is -2.38. The van der Waals surface area contributed by atoms with Gasteiger partial charge in [0, 0.05) is 34.4 Å². The van der Waals surface area contributed by atoms with E-state index in [0.717, 1.165) is 17.7 Å². The average molecular weight is 429 g/mol. The molecule has 0 radical (unpaired) electrons. The number of non-ortho nitro benzene ring substituents is 1. The quantitative estimate of drug-likeness (QED) is 0.205. The number of hydrogen-bond acceptors (Lipinski definition) is 4. The minimum atomic E-state index is -0.341. The summed E-state index contributed by atoms with van der Waals surface area (Å²) in [6.45, 7) is 2.18. The first kappa shape index (κ1) is 19.9. The predicted octanol–water partition coefficient (Wildman–Crippen LogP) is 7.02. The van der Waals surface area contributed by atoms with E-state index in [2.05, 4.69) is 60.8 Å². The number of allylic oxidation sites excluding steroid dienone is 2. The van der Waals surface area contributed by atoms with Gasteiger partial charge in [-0.15, -0.1) is 11.8 Å². The van der Waals surface area contributed by atoms with E-state index in [1.54, 1.807) is 12.1 Å². The fourth-order valence-corrected chi connectivity index (χ4v) is 5.71. The molecule has 0 unspecified atom stereocenters. The minimum absolute atomic E-state index is 0.137. The molecule has 1 heterocycles. The van der Waals surface area contributed by atoms with Crippen molar-refractivity contribution < 1.29 is 4.92 Å². The molecule has 1 N–H and O–H groups in total. The normalized spacial score (nSPS) is 21.3. The summed E-state index contributed by atoms with van der Waals surface area (Å²) in [6, 6.07) is 22.3. The molecule has 1 aliphatic carbocycles. The molecule has 156 valence electrons. The van der Waals surface area contributed by atoms with Crippen molar-refractivity contribution in [3.63, 3.8) is 0 Å². The van der Waals surface area contributed by atoms with Gasteiger partial charge in [-0.3, -0.25) is 10.1 Å². The second-order valence-electron chi connectivity index (χ2n) is 8.30. The zero-order chi connectivity index (χ0) is 21.4. The summed E-state index contributed by atoms with van der Waals surface area (Å²) >= 11 is 1.87. The van der Waals surface area contributed by atoms with Crippen LogP contribution < -0.4 is 5.32 Å². The van der Waals surface area contributed by atoms with Crippen molar-refractivity contribution in [2.24, 2.45) is 5.92 Å². The molecule has 3 aromatic carbocycles. The Hall–Kier alpha value is -3.05. The summed E-state index contributed by atoms with van der Waals surface area (Å²) in [5, 5.41) is 14.8. The van der Waals surface area contributed by atoms with Crippen molar-refractivity contribution in [1.29, 1.82) is 0 Å². The fraction of sp³-hybridized carbons (Fsp3) is 0.231. The largest absolute Gasteiger partial charge is 0.377 e. The van der Waals surface area contributed by atoms with E-state index in [1.165, 1.54) is 27.3 Å². The first-order valence-electron chi connectivity index (χ1n) is 10.6. The van der Waals surface area contributed by atoms with Gasteiger partial charge < -0.3 is 5.32 Å². The molecule has 5 heteroatoms. The lowest BCUT2D eigenvalue weighted by atomic mass is 9.76. The third kappa shape index (κ3) is 3.86. The molecule has 0 spiro atoms. The molecule has 4 nitrogen and oxygen atoms in total. The molecule has 0 amide bonds. The summed E-state index contributed by atoms with van der Waals surface area (Å²) in [5.41, 5.74) is 6.44. The van der Waals surface area contributed by atoms with Crippen LogP contribution in [-0.4, -0.2) is 4.92 Å². The van der Waals surface area contributed by atoms with Crippen LogP contribution in [0.2, 0.25) is 0 Å². The van der Waals surface area contributed by atoms with E-state index in [4.69, 9.17) is 0 Å². The first-order chi connectivity index (χ1) is 15.1. The van der Waals surface area contributed by atoms with Crippen LogP contribution in [0.3, 0.4) is 0 Å². The number of nitrogens with zero attached hydrogens (tertiary/aromatic N) is 1. The number of thioether (sulfide) groups is 1. The number of nitrogens with one attached hydrogen (secondary N) is 1. The van der Waals surface area contributed by atoms with Gasteiger partial charge in [-0.2, -0.15) is 0 Å². The van der Waals surface area contributed by atoms with Crippen molar-refractivity contribution in [1.82, 2.24) is 0 Å². The lowest BCUT2D eigenvalue weighted by molar-refractivity contribution is -0.384. The highest BCUT2D eigenvalue weighted by Gasteiger charge is 2.38. The van der Waals surface area contributed by atoms with E-state index in [0.29, 0.717) is 11.8 Å². The number of nitro groups is 1. The Kier molecular flexibility index (Phi) is 5.28. The summed E-state index contributed by atoms with van der Waals surface area (Å²) < 4.78 is 0. The van der Waals surface area contributed by atoms with E-state index in [-0.39, 0.29) is 16.7 Å². The van der Waals surface area contributed by atoms with E-state index in [9.17, 15) is 10.1 Å². The number of fused-ring (bicyclic) bond motifs is 3. The first-order valence-corrected chi connectivity index (χ1v) is 11.6. The van der Waals surface area contributed by atoms with E-state index >= 15 is 0 Å². The maximum Gasteiger partial charge on any atom is 0.269 e. The van der Waals surface area contributed by atoms with Crippen LogP contribution in [0.4, 0.5) is 11.4 Å². The SMILES string of the molecule is Cc1cc(CSc2ccccc2)cc2c1N[C@H](c1ccc([N+](=O)[O-])cc1)[C@H]1CC=C[C@H]21. The Bertz CT molecular complexity index is 1140. The van der Waals surface area contributed by atoms with Crippen molar-refractivity contribution >= 4 is 23.1 Å². The zero-order valence-corrected chi connectivity index (χ0v) is 18.1. The van der Waals surface area contributed by atoms with Crippen LogP contribution in [0.25, 0.3) is 0 Å². The van der Waals surface area contributed by atoms with E-state index < -0.39 is 0 Å². The molecule has 0 saturated heterocycles. The monoisotopic (exact) mass is 428 g/mol. The van der Waals surface area contributed by atoms with Crippen LogP contribution >= 0.6 is 11.8 Å². The number of nitro benzene ring substituents is 1. The van der Waals surface area contributed by atoms with Crippen LogP contribution in [0, 0.1) is 23.0 Å². The highest BCUT2D eigenvalue weighted by atomic mass is 32.2. The van der Waals surface area contributed by atoms with Crippen molar-refractivity contribution in [2.75, 3.05) is 5.32 Å². The number of benzene rings is 3. The summed E-state index contributed by atoms with van der Waals surface area (Å²) in [7, 11) is 0. The van der Waals surface area contributed by atoms with Gasteiger partial charge in [0.05, 0.1) is 11.0 Å². The molecule has 2 aliphatic rings. The molecule has 0 fully saturated rings. The Morgan fingerprint density at radius 1 is 1.10 bits per heavy atom. The fourth-order valence-electron chi connectivity index (χ4n) is 4.86. The smallest absolute Gasteiger partial charge is 0.269 e. The highest BCUT2D eigenvalue weighted by molar-refractivity contribution is 7.98. The second kappa shape index (κ2) is 8.23. The molecule has 0 aromatic heterocycles. The molecular formula is C26H24N2O2S. The second-order valence-corrected chi connectivity index (χ2v) is 9.35. The van der Waals surface area contributed by atoms with Crippen molar-refractivity contribution in [3.05, 3.63) is 111 Å². The average Bonchev–Trinajstić information content (AvgIpc) is 3.28. The summed E-state index contributed by atoms with van der Waals surface area (Å²) in [4.78, 5) is 12.0. The van der Waals surface area contributed by atoms with E-state index in [1.807, 2.05) is 30.0 Å². The number of hydrogen-bond donors (Lipinski definition) is 1. The number of rotatable bonds is 5. The maximum atomic E-state index is 11.0. The van der Waals surface area contributed by atoms with Gasteiger partial charge in [-0.1, -0.05) is 54.6 Å². The highest BCUT2D eigenvalue weighted by Crippen LogP contribution is 2.51. The third-order valence-corrected chi connectivity index (χ3v) is 7.42. The molecule has 3 atom stereocenters. The Labute approximate surface area is 186 Å². The van der Waals surface area contributed by atoms with Gasteiger partial charge in [0.2, 0.25) is 0 Å². The van der Waals surface area contributed by atoms with Gasteiger partial charge in [-0.05, 0) is 53.6 Å². The molecule has 31 heavy (non-hydrogen) atoms. The number of anilines is 1. The number of aryl methyl sites for hydroxylation is 1. The summed E-state index contributed by atoms with van der Waals surface area (Å²) in [6.07, 6.45) is 5.64. The van der Waals surface area contributed by atoms with Gasteiger partial charge in [0.15, 0.2) is 0 Å². The minimum Gasteiger partial charge on any atom is -0.377 e. The van der Waals surface area contributed by atoms with Crippen LogP contribution in [0.5, 0.6) is 0 Å². The van der Waals surface area contributed by atoms with Crippen molar-refractivity contribution in [3.8, 4) is 0 Å². The lowest BCUT2D eigenvalue weighted by Crippen LogP contribution is -2.29. The Morgan fingerprint density at radius 2 is 1.87 bits per heavy atom. The molecule has 1 aliphatic heterocycles. The molecular weight excluding hydrogens is 404 g/mol. The topological polar surface area (TPSA) is 55.2 Å². The third-order valence-electron chi connectivity index (χ3n) is 6.34.